The minimum absolute atomic E-state index is 0.219. The molecule has 0 fully saturated rings. The predicted molar refractivity (Wildman–Crippen MR) is 143 cm³/mol. The fraction of sp³-hybridized carbons (Fsp3) is 0.310. The molecule has 0 aliphatic rings. The number of furan rings is 1. The standard InChI is InChI=1S/C29H31FN6O2/c1-18-8-11-21-15-24(28(37)31-25(21)19(18)2)26(27-32-33-34-36(27)29(3,4)5)35(17-23-7-6-14-38-23)16-20-9-12-22(30)13-10-20/h6-15,26H,16-17H2,1-5H3,(H,31,37). The van der Waals surface area contributed by atoms with Crippen molar-refractivity contribution in [3.8, 4) is 0 Å². The van der Waals surface area contributed by atoms with E-state index in [0.717, 1.165) is 33.4 Å². The molecule has 0 radical (unpaired) electrons. The Morgan fingerprint density at radius 1 is 1.08 bits per heavy atom. The van der Waals surface area contributed by atoms with Crippen LogP contribution in [0.15, 0.2) is 70.1 Å². The largest absolute Gasteiger partial charge is 0.468 e. The van der Waals surface area contributed by atoms with Gasteiger partial charge in [-0.25, -0.2) is 9.07 Å². The Kier molecular flexibility index (Phi) is 6.71. The molecule has 8 nitrogen and oxygen atoms in total. The van der Waals surface area contributed by atoms with Gasteiger partial charge in [-0.05, 0) is 97.5 Å². The summed E-state index contributed by atoms with van der Waals surface area (Å²) in [5, 5.41) is 13.6. The highest BCUT2D eigenvalue weighted by Crippen LogP contribution is 2.32. The Bertz CT molecular complexity index is 1610. The number of hydrogen-bond acceptors (Lipinski definition) is 6. The van der Waals surface area contributed by atoms with Gasteiger partial charge in [-0.1, -0.05) is 24.3 Å². The van der Waals surface area contributed by atoms with Gasteiger partial charge in [0.2, 0.25) is 0 Å². The molecular weight excluding hydrogens is 483 g/mol. The van der Waals surface area contributed by atoms with Gasteiger partial charge in [0.25, 0.3) is 5.56 Å². The van der Waals surface area contributed by atoms with Gasteiger partial charge in [-0.2, -0.15) is 0 Å². The van der Waals surface area contributed by atoms with Crippen LogP contribution in [-0.4, -0.2) is 30.1 Å². The Labute approximate surface area is 220 Å². The molecule has 0 aliphatic carbocycles. The highest BCUT2D eigenvalue weighted by atomic mass is 19.1. The Hall–Kier alpha value is -4.11. The molecule has 0 saturated heterocycles. The zero-order chi connectivity index (χ0) is 27.0. The number of hydrogen-bond donors (Lipinski definition) is 1. The van der Waals surface area contributed by atoms with E-state index in [0.29, 0.717) is 24.5 Å². The number of nitrogens with one attached hydrogen (secondary N) is 1. The van der Waals surface area contributed by atoms with Gasteiger partial charge in [0.1, 0.15) is 17.6 Å². The van der Waals surface area contributed by atoms with Crippen molar-refractivity contribution in [2.75, 3.05) is 0 Å². The number of rotatable bonds is 7. The lowest BCUT2D eigenvalue weighted by atomic mass is 9.99. The monoisotopic (exact) mass is 514 g/mol. The minimum atomic E-state index is -0.630. The lowest BCUT2D eigenvalue weighted by Crippen LogP contribution is -2.37. The molecule has 1 unspecified atom stereocenters. The van der Waals surface area contributed by atoms with Crippen LogP contribution in [0.1, 0.15) is 60.7 Å². The van der Waals surface area contributed by atoms with E-state index in [-0.39, 0.29) is 11.4 Å². The third kappa shape index (κ3) is 5.02. The summed E-state index contributed by atoms with van der Waals surface area (Å²) in [6, 6.07) is 15.4. The zero-order valence-corrected chi connectivity index (χ0v) is 22.2. The number of nitrogens with zero attached hydrogens (tertiary/aromatic N) is 5. The number of fused-ring (bicyclic) bond motifs is 1. The minimum Gasteiger partial charge on any atom is -0.468 e. The van der Waals surface area contributed by atoms with E-state index in [1.807, 2.05) is 65.0 Å². The van der Waals surface area contributed by atoms with Gasteiger partial charge in [-0.3, -0.25) is 9.69 Å². The van der Waals surface area contributed by atoms with Crippen molar-refractivity contribution in [3.05, 3.63) is 111 Å². The summed E-state index contributed by atoms with van der Waals surface area (Å²) >= 11 is 0. The molecule has 0 spiro atoms. The zero-order valence-electron chi connectivity index (χ0n) is 22.2. The lowest BCUT2D eigenvalue weighted by Gasteiger charge is -2.32. The third-order valence-electron chi connectivity index (χ3n) is 6.85. The molecule has 9 heteroatoms. The van der Waals surface area contributed by atoms with Gasteiger partial charge >= 0.3 is 0 Å². The Morgan fingerprint density at radius 3 is 2.53 bits per heavy atom. The summed E-state index contributed by atoms with van der Waals surface area (Å²) in [7, 11) is 0. The number of aryl methyl sites for hydroxylation is 2. The third-order valence-corrected chi connectivity index (χ3v) is 6.85. The molecule has 0 aliphatic heterocycles. The second-order valence-corrected chi connectivity index (χ2v) is 10.7. The molecule has 38 heavy (non-hydrogen) atoms. The SMILES string of the molecule is Cc1ccc2cc(C(c3nnnn3C(C)(C)C)N(Cc3ccc(F)cc3)Cc3ccco3)c(=O)[nH]c2c1C. The molecule has 3 aromatic heterocycles. The maximum atomic E-state index is 13.8. The summed E-state index contributed by atoms with van der Waals surface area (Å²) < 4.78 is 21.2. The second-order valence-electron chi connectivity index (χ2n) is 10.7. The first-order valence-electron chi connectivity index (χ1n) is 12.5. The molecule has 1 N–H and O–H groups in total. The maximum absolute atomic E-state index is 13.8. The first-order valence-corrected chi connectivity index (χ1v) is 12.5. The van der Waals surface area contributed by atoms with Crippen LogP contribution >= 0.6 is 0 Å². The Balaban J connectivity index is 1.73. The molecule has 3 heterocycles. The molecule has 0 amide bonds. The first kappa shape index (κ1) is 25.5. The van der Waals surface area contributed by atoms with Crippen LogP contribution in [-0.2, 0) is 18.6 Å². The topological polar surface area (TPSA) is 92.8 Å². The molecule has 0 saturated carbocycles. The van der Waals surface area contributed by atoms with Gasteiger partial charge in [0, 0.05) is 12.1 Å². The summed E-state index contributed by atoms with van der Waals surface area (Å²) in [4.78, 5) is 19.0. The van der Waals surface area contributed by atoms with Crippen molar-refractivity contribution in [2.24, 2.45) is 0 Å². The van der Waals surface area contributed by atoms with Gasteiger partial charge in [-0.15, -0.1) is 5.10 Å². The quantitative estimate of drug-likeness (QED) is 0.312. The maximum Gasteiger partial charge on any atom is 0.253 e. The van der Waals surface area contributed by atoms with Crippen molar-refractivity contribution in [1.82, 2.24) is 30.1 Å². The number of benzene rings is 2. The van der Waals surface area contributed by atoms with Gasteiger partial charge in [0.05, 0.1) is 23.9 Å². The van der Waals surface area contributed by atoms with Crippen LogP contribution in [0.3, 0.4) is 0 Å². The van der Waals surface area contributed by atoms with Crippen LogP contribution in [0, 0.1) is 19.7 Å². The lowest BCUT2D eigenvalue weighted by molar-refractivity contribution is 0.171. The summed E-state index contributed by atoms with van der Waals surface area (Å²) in [5.41, 5.74) is 3.66. The van der Waals surface area contributed by atoms with E-state index in [1.165, 1.54) is 12.1 Å². The van der Waals surface area contributed by atoms with Gasteiger partial charge < -0.3 is 9.40 Å². The second kappa shape index (κ2) is 9.98. The molecule has 1 atom stereocenters. The fourth-order valence-electron chi connectivity index (χ4n) is 4.75. The number of H-pyrrole nitrogens is 1. The van der Waals surface area contributed by atoms with Crippen molar-refractivity contribution >= 4 is 10.9 Å². The van der Waals surface area contributed by atoms with E-state index in [9.17, 15) is 9.18 Å². The highest BCUT2D eigenvalue weighted by molar-refractivity contribution is 5.83. The molecule has 196 valence electrons. The smallest absolute Gasteiger partial charge is 0.253 e. The molecule has 2 aromatic carbocycles. The fourth-order valence-corrected chi connectivity index (χ4v) is 4.75. The molecule has 5 rings (SSSR count). The number of aromatic amines is 1. The highest BCUT2D eigenvalue weighted by Gasteiger charge is 2.34. The first-order chi connectivity index (χ1) is 18.1. The Morgan fingerprint density at radius 2 is 1.84 bits per heavy atom. The molecule has 0 bridgehead atoms. The van der Waals surface area contributed by atoms with Crippen molar-refractivity contribution in [2.45, 2.75) is 59.3 Å². The summed E-state index contributed by atoms with van der Waals surface area (Å²) in [5.74, 6) is 0.937. The molecule has 5 aromatic rings. The van der Waals surface area contributed by atoms with Gasteiger partial charge in [0.15, 0.2) is 5.82 Å². The van der Waals surface area contributed by atoms with Crippen molar-refractivity contribution in [1.29, 1.82) is 0 Å². The van der Waals surface area contributed by atoms with Crippen LogP contribution in [0.5, 0.6) is 0 Å². The number of pyridine rings is 1. The van der Waals surface area contributed by atoms with E-state index in [4.69, 9.17) is 4.42 Å². The van der Waals surface area contributed by atoms with Crippen molar-refractivity contribution < 1.29 is 8.81 Å². The van der Waals surface area contributed by atoms with E-state index in [1.54, 1.807) is 23.1 Å². The van der Waals surface area contributed by atoms with Crippen LogP contribution in [0.2, 0.25) is 0 Å². The number of tetrazole rings is 1. The number of halogens is 1. The van der Waals surface area contributed by atoms with E-state index in [2.05, 4.69) is 25.4 Å². The van der Waals surface area contributed by atoms with Crippen molar-refractivity contribution in [3.63, 3.8) is 0 Å². The van der Waals surface area contributed by atoms with E-state index < -0.39 is 11.6 Å². The van der Waals surface area contributed by atoms with Crippen LogP contribution in [0.25, 0.3) is 10.9 Å². The van der Waals surface area contributed by atoms with Crippen LogP contribution in [0.4, 0.5) is 4.39 Å². The van der Waals surface area contributed by atoms with Crippen LogP contribution < -0.4 is 5.56 Å². The summed E-state index contributed by atoms with van der Waals surface area (Å²) in [6.45, 7) is 10.8. The normalized spacial score (nSPS) is 12.9. The average Bonchev–Trinajstić information content (AvgIpc) is 3.56. The van der Waals surface area contributed by atoms with E-state index >= 15 is 0 Å². The predicted octanol–water partition coefficient (Wildman–Crippen LogP) is 5.41. The number of aromatic nitrogens is 5. The average molecular weight is 515 g/mol. The molecular formula is C29H31FN6O2. The summed E-state index contributed by atoms with van der Waals surface area (Å²) in [6.07, 6.45) is 1.62.